The number of hydrogen-bond donors (Lipinski definition) is 0. The SMILES string of the molecule is C#CCc1cccc(F)c1F. The second-order valence-corrected chi connectivity index (χ2v) is 2.09. The highest BCUT2D eigenvalue weighted by atomic mass is 19.2. The lowest BCUT2D eigenvalue weighted by Gasteiger charge is -1.97. The van der Waals surface area contributed by atoms with Gasteiger partial charge in [0.05, 0.1) is 0 Å². The maximum absolute atomic E-state index is 12.7. The van der Waals surface area contributed by atoms with Crippen molar-refractivity contribution < 1.29 is 8.78 Å². The molecule has 1 aromatic rings. The first-order valence-electron chi connectivity index (χ1n) is 3.12. The van der Waals surface area contributed by atoms with Crippen LogP contribution in [-0.4, -0.2) is 0 Å². The molecule has 0 radical (unpaired) electrons. The Kier molecular flexibility index (Phi) is 2.22. The molecule has 0 bridgehead atoms. The Bertz CT molecular complexity index is 297. The van der Waals surface area contributed by atoms with Crippen LogP contribution in [0.25, 0.3) is 0 Å². The zero-order valence-corrected chi connectivity index (χ0v) is 5.77. The quantitative estimate of drug-likeness (QED) is 0.541. The number of halogens is 2. The highest BCUT2D eigenvalue weighted by Crippen LogP contribution is 2.10. The van der Waals surface area contributed by atoms with E-state index in [0.717, 1.165) is 6.07 Å². The first-order chi connectivity index (χ1) is 5.25. The standard InChI is InChI=1S/C9H6F2/c1-2-4-7-5-3-6-8(10)9(7)11/h1,3,5-6H,4H2. The van der Waals surface area contributed by atoms with Crippen molar-refractivity contribution in [3.63, 3.8) is 0 Å². The minimum absolute atomic E-state index is 0.129. The van der Waals surface area contributed by atoms with Crippen LogP contribution in [0.1, 0.15) is 5.56 Å². The number of benzene rings is 1. The van der Waals surface area contributed by atoms with Gasteiger partial charge in [0.25, 0.3) is 0 Å². The van der Waals surface area contributed by atoms with Crippen LogP contribution in [0.2, 0.25) is 0 Å². The van der Waals surface area contributed by atoms with Crippen molar-refractivity contribution in [3.8, 4) is 12.3 Å². The van der Waals surface area contributed by atoms with Crippen LogP contribution in [0.15, 0.2) is 18.2 Å². The molecule has 11 heavy (non-hydrogen) atoms. The lowest BCUT2D eigenvalue weighted by molar-refractivity contribution is 0.501. The summed E-state index contributed by atoms with van der Waals surface area (Å²) in [5.41, 5.74) is 0.229. The van der Waals surface area contributed by atoms with Crippen LogP contribution < -0.4 is 0 Å². The third-order valence-corrected chi connectivity index (χ3v) is 1.32. The van der Waals surface area contributed by atoms with Crippen LogP contribution >= 0.6 is 0 Å². The van der Waals surface area contributed by atoms with E-state index in [-0.39, 0.29) is 12.0 Å². The first kappa shape index (κ1) is 7.74. The fraction of sp³-hybridized carbons (Fsp3) is 0.111. The molecule has 0 fully saturated rings. The lowest BCUT2D eigenvalue weighted by atomic mass is 10.1. The molecule has 0 saturated carbocycles. The van der Waals surface area contributed by atoms with Crippen LogP contribution in [-0.2, 0) is 6.42 Å². The van der Waals surface area contributed by atoms with Gasteiger partial charge in [-0.2, -0.15) is 0 Å². The molecule has 0 aliphatic rings. The largest absolute Gasteiger partial charge is 0.204 e. The van der Waals surface area contributed by atoms with Gasteiger partial charge >= 0.3 is 0 Å². The maximum atomic E-state index is 12.7. The molecular weight excluding hydrogens is 146 g/mol. The predicted molar refractivity (Wildman–Crippen MR) is 38.9 cm³/mol. The Morgan fingerprint density at radius 3 is 2.73 bits per heavy atom. The molecule has 0 aromatic heterocycles. The van der Waals surface area contributed by atoms with Crippen molar-refractivity contribution in [2.45, 2.75) is 6.42 Å². The fourth-order valence-electron chi connectivity index (χ4n) is 0.795. The number of rotatable bonds is 1. The van der Waals surface area contributed by atoms with Crippen molar-refractivity contribution in [1.29, 1.82) is 0 Å². The van der Waals surface area contributed by atoms with Gasteiger partial charge in [-0.05, 0) is 6.07 Å². The molecule has 56 valence electrons. The Balaban J connectivity index is 3.08. The predicted octanol–water partition coefficient (Wildman–Crippen LogP) is 2.14. The smallest absolute Gasteiger partial charge is 0.162 e. The highest BCUT2D eigenvalue weighted by Gasteiger charge is 2.04. The molecule has 0 atom stereocenters. The summed E-state index contributed by atoms with van der Waals surface area (Å²) in [6, 6.07) is 3.97. The Morgan fingerprint density at radius 1 is 1.36 bits per heavy atom. The molecule has 1 rings (SSSR count). The average molecular weight is 152 g/mol. The minimum Gasteiger partial charge on any atom is -0.204 e. The van der Waals surface area contributed by atoms with E-state index < -0.39 is 11.6 Å². The van der Waals surface area contributed by atoms with Crippen molar-refractivity contribution in [2.75, 3.05) is 0 Å². The monoisotopic (exact) mass is 152 g/mol. The van der Waals surface area contributed by atoms with Crippen LogP contribution in [0.4, 0.5) is 8.78 Å². The molecule has 0 amide bonds. The summed E-state index contributed by atoms with van der Waals surface area (Å²) in [5.74, 6) is 0.554. The molecule has 0 spiro atoms. The van der Waals surface area contributed by atoms with Crippen molar-refractivity contribution in [2.24, 2.45) is 0 Å². The van der Waals surface area contributed by atoms with Gasteiger partial charge in [-0.1, -0.05) is 12.1 Å². The van der Waals surface area contributed by atoms with E-state index in [9.17, 15) is 8.78 Å². The molecule has 0 aliphatic carbocycles. The summed E-state index contributed by atoms with van der Waals surface area (Å²) in [5, 5.41) is 0. The van der Waals surface area contributed by atoms with Crippen molar-refractivity contribution >= 4 is 0 Å². The molecule has 0 heterocycles. The van der Waals surface area contributed by atoms with Gasteiger partial charge in [0.1, 0.15) is 0 Å². The van der Waals surface area contributed by atoms with E-state index in [2.05, 4.69) is 5.92 Å². The van der Waals surface area contributed by atoms with Crippen molar-refractivity contribution in [3.05, 3.63) is 35.4 Å². The van der Waals surface area contributed by atoms with Gasteiger partial charge in [0.15, 0.2) is 11.6 Å². The maximum Gasteiger partial charge on any atom is 0.162 e. The Hall–Kier alpha value is -1.36. The number of terminal acetylenes is 1. The summed E-state index contributed by atoms with van der Waals surface area (Å²) < 4.78 is 25.2. The number of hydrogen-bond acceptors (Lipinski definition) is 0. The second-order valence-electron chi connectivity index (χ2n) is 2.09. The van der Waals surface area contributed by atoms with Crippen molar-refractivity contribution in [1.82, 2.24) is 0 Å². The van der Waals surface area contributed by atoms with E-state index in [1.54, 1.807) is 0 Å². The van der Waals surface area contributed by atoms with Crippen LogP contribution in [0.5, 0.6) is 0 Å². The third-order valence-electron chi connectivity index (χ3n) is 1.32. The normalized spacial score (nSPS) is 9.18. The fourth-order valence-corrected chi connectivity index (χ4v) is 0.795. The molecule has 0 nitrogen and oxygen atoms in total. The van der Waals surface area contributed by atoms with Gasteiger partial charge in [-0.3, -0.25) is 0 Å². The molecule has 0 unspecified atom stereocenters. The zero-order chi connectivity index (χ0) is 8.27. The summed E-state index contributed by atoms with van der Waals surface area (Å²) in [6.07, 6.45) is 5.07. The van der Waals surface area contributed by atoms with E-state index >= 15 is 0 Å². The topological polar surface area (TPSA) is 0 Å². The summed E-state index contributed by atoms with van der Waals surface area (Å²) >= 11 is 0. The van der Waals surface area contributed by atoms with Gasteiger partial charge in [-0.25, -0.2) is 8.78 Å². The Labute approximate surface area is 63.9 Å². The minimum atomic E-state index is -0.849. The summed E-state index contributed by atoms with van der Waals surface area (Å²) in [4.78, 5) is 0. The molecule has 0 aliphatic heterocycles. The van der Waals surface area contributed by atoms with Gasteiger partial charge < -0.3 is 0 Å². The van der Waals surface area contributed by atoms with E-state index in [1.807, 2.05) is 0 Å². The Morgan fingerprint density at radius 2 is 2.09 bits per heavy atom. The average Bonchev–Trinajstić information content (AvgIpc) is 1.99. The molecule has 0 N–H and O–H groups in total. The zero-order valence-electron chi connectivity index (χ0n) is 5.77. The van der Waals surface area contributed by atoms with E-state index in [4.69, 9.17) is 6.42 Å². The van der Waals surface area contributed by atoms with E-state index in [1.165, 1.54) is 12.1 Å². The lowest BCUT2D eigenvalue weighted by Crippen LogP contribution is -1.91. The third kappa shape index (κ3) is 1.56. The summed E-state index contributed by atoms with van der Waals surface area (Å²) in [7, 11) is 0. The van der Waals surface area contributed by atoms with Gasteiger partial charge in [0, 0.05) is 12.0 Å². The van der Waals surface area contributed by atoms with E-state index in [0.29, 0.717) is 0 Å². The second kappa shape index (κ2) is 3.16. The molecular formula is C9H6F2. The molecule has 2 heteroatoms. The van der Waals surface area contributed by atoms with Gasteiger partial charge in [0.2, 0.25) is 0 Å². The molecule has 1 aromatic carbocycles. The van der Waals surface area contributed by atoms with Crippen LogP contribution in [0, 0.1) is 24.0 Å². The highest BCUT2D eigenvalue weighted by molar-refractivity contribution is 5.22. The first-order valence-corrected chi connectivity index (χ1v) is 3.12. The van der Waals surface area contributed by atoms with Gasteiger partial charge in [-0.15, -0.1) is 12.3 Å². The molecule has 0 saturated heterocycles. The van der Waals surface area contributed by atoms with Crippen LogP contribution in [0.3, 0.4) is 0 Å². The summed E-state index contributed by atoms with van der Waals surface area (Å²) in [6.45, 7) is 0.